The van der Waals surface area contributed by atoms with Gasteiger partial charge >= 0.3 is 0 Å². The van der Waals surface area contributed by atoms with Crippen LogP contribution < -0.4 is 5.32 Å². The number of imidazole rings is 1. The first-order valence-electron chi connectivity index (χ1n) is 5.41. The van der Waals surface area contributed by atoms with Crippen LogP contribution in [0.5, 0.6) is 0 Å². The summed E-state index contributed by atoms with van der Waals surface area (Å²) < 4.78 is 0. The Morgan fingerprint density at radius 1 is 1.47 bits per heavy atom. The molecule has 1 fully saturated rings. The highest BCUT2D eigenvalue weighted by Gasteiger charge is 2.50. The van der Waals surface area contributed by atoms with Gasteiger partial charge < -0.3 is 4.98 Å². The molecule has 5 nitrogen and oxygen atoms in total. The highest BCUT2D eigenvalue weighted by Crippen LogP contribution is 2.45. The van der Waals surface area contributed by atoms with Crippen LogP contribution in [0, 0.1) is 16.7 Å². The largest absolute Gasteiger partial charge is 0.324 e. The number of carbonyl (C=O) groups excluding carboxylic acids is 1. The number of H-pyrrole nitrogens is 1. The van der Waals surface area contributed by atoms with Crippen LogP contribution in [0.3, 0.4) is 0 Å². The van der Waals surface area contributed by atoms with E-state index in [4.69, 9.17) is 5.26 Å². The fraction of sp³-hybridized carbons (Fsp3) is 0.250. The number of amides is 1. The first kappa shape index (κ1) is 9.85. The summed E-state index contributed by atoms with van der Waals surface area (Å²) in [5, 5.41) is 11.6. The van der Waals surface area contributed by atoms with Crippen LogP contribution in [0.1, 0.15) is 12.8 Å². The van der Waals surface area contributed by atoms with Crippen LogP contribution in [0.4, 0.5) is 5.95 Å². The monoisotopic (exact) mass is 226 g/mol. The van der Waals surface area contributed by atoms with E-state index in [1.54, 1.807) is 0 Å². The van der Waals surface area contributed by atoms with Crippen LogP contribution in [0.15, 0.2) is 24.3 Å². The van der Waals surface area contributed by atoms with Gasteiger partial charge in [-0.1, -0.05) is 12.1 Å². The second kappa shape index (κ2) is 3.32. The van der Waals surface area contributed by atoms with Gasteiger partial charge in [-0.15, -0.1) is 0 Å². The number of carbonyl (C=O) groups is 1. The molecule has 1 amide bonds. The topological polar surface area (TPSA) is 81.6 Å². The summed E-state index contributed by atoms with van der Waals surface area (Å²) in [6.45, 7) is 0. The van der Waals surface area contributed by atoms with Crippen LogP contribution in [0.25, 0.3) is 11.0 Å². The third kappa shape index (κ3) is 1.54. The number of para-hydroxylation sites is 2. The lowest BCUT2D eigenvalue weighted by Gasteiger charge is -2.04. The molecule has 3 rings (SSSR count). The Hall–Kier alpha value is -2.35. The summed E-state index contributed by atoms with van der Waals surface area (Å²) in [5.41, 5.74) is 0.841. The third-order valence-corrected chi connectivity index (χ3v) is 3.02. The van der Waals surface area contributed by atoms with Crippen molar-refractivity contribution in [1.82, 2.24) is 9.97 Å². The van der Waals surface area contributed by atoms with Crippen molar-refractivity contribution in [2.75, 3.05) is 5.32 Å². The Balaban J connectivity index is 1.86. The second-order valence-electron chi connectivity index (χ2n) is 4.25. The van der Waals surface area contributed by atoms with Crippen molar-refractivity contribution in [3.05, 3.63) is 24.3 Å². The van der Waals surface area contributed by atoms with E-state index in [2.05, 4.69) is 21.4 Å². The molecule has 0 saturated heterocycles. The highest BCUT2D eigenvalue weighted by molar-refractivity contribution is 5.98. The SMILES string of the molecule is N#CC1(C(=O)Nc2nc3ccccc3[nH]2)CC1. The molecule has 0 unspecified atom stereocenters. The van der Waals surface area contributed by atoms with Crippen molar-refractivity contribution in [2.45, 2.75) is 12.8 Å². The summed E-state index contributed by atoms with van der Waals surface area (Å²) in [4.78, 5) is 19.0. The summed E-state index contributed by atoms with van der Waals surface area (Å²) in [5.74, 6) is 0.136. The van der Waals surface area contributed by atoms with Gasteiger partial charge in [0.05, 0.1) is 17.1 Å². The number of hydrogen-bond acceptors (Lipinski definition) is 3. The van der Waals surface area contributed by atoms with Crippen LogP contribution >= 0.6 is 0 Å². The van der Waals surface area contributed by atoms with E-state index in [1.165, 1.54) is 0 Å². The molecule has 0 bridgehead atoms. The number of nitrogens with zero attached hydrogens (tertiary/aromatic N) is 2. The molecule has 0 atom stereocenters. The molecule has 1 saturated carbocycles. The number of hydrogen-bond donors (Lipinski definition) is 2. The number of fused-ring (bicyclic) bond motifs is 1. The molecule has 0 aliphatic heterocycles. The lowest BCUT2D eigenvalue weighted by atomic mass is 10.1. The molecule has 1 aromatic carbocycles. The fourth-order valence-corrected chi connectivity index (χ4v) is 1.75. The van der Waals surface area contributed by atoms with Gasteiger partial charge in [-0.2, -0.15) is 5.26 Å². The second-order valence-corrected chi connectivity index (χ2v) is 4.25. The van der Waals surface area contributed by atoms with Gasteiger partial charge in [-0.25, -0.2) is 4.98 Å². The Morgan fingerprint density at radius 2 is 2.24 bits per heavy atom. The van der Waals surface area contributed by atoms with Gasteiger partial charge in [0, 0.05) is 0 Å². The molecule has 1 aliphatic rings. The average Bonchev–Trinajstić information content (AvgIpc) is 3.04. The van der Waals surface area contributed by atoms with Gasteiger partial charge in [-0.3, -0.25) is 10.1 Å². The number of anilines is 1. The van der Waals surface area contributed by atoms with Gasteiger partial charge in [0.25, 0.3) is 0 Å². The Labute approximate surface area is 97.5 Å². The fourth-order valence-electron chi connectivity index (χ4n) is 1.75. The van der Waals surface area contributed by atoms with E-state index in [0.29, 0.717) is 18.8 Å². The number of benzene rings is 1. The van der Waals surface area contributed by atoms with Crippen LogP contribution in [0.2, 0.25) is 0 Å². The first-order chi connectivity index (χ1) is 8.23. The van der Waals surface area contributed by atoms with Crippen molar-refractivity contribution >= 4 is 22.9 Å². The Bertz CT molecular complexity index is 600. The molecule has 0 radical (unpaired) electrons. The lowest BCUT2D eigenvalue weighted by molar-refractivity contribution is -0.119. The van der Waals surface area contributed by atoms with E-state index < -0.39 is 5.41 Å². The Morgan fingerprint density at radius 3 is 2.88 bits per heavy atom. The van der Waals surface area contributed by atoms with E-state index in [9.17, 15) is 4.79 Å². The summed E-state index contributed by atoms with van der Waals surface area (Å²) in [7, 11) is 0. The van der Waals surface area contributed by atoms with Gasteiger partial charge in [0.2, 0.25) is 11.9 Å². The van der Waals surface area contributed by atoms with Crippen molar-refractivity contribution in [1.29, 1.82) is 5.26 Å². The van der Waals surface area contributed by atoms with E-state index in [0.717, 1.165) is 11.0 Å². The minimum Gasteiger partial charge on any atom is -0.324 e. The van der Waals surface area contributed by atoms with Crippen molar-refractivity contribution in [2.24, 2.45) is 5.41 Å². The predicted molar refractivity (Wildman–Crippen MR) is 62.0 cm³/mol. The smallest absolute Gasteiger partial charge is 0.247 e. The molecule has 2 aromatic rings. The zero-order valence-corrected chi connectivity index (χ0v) is 9.03. The number of aromatic nitrogens is 2. The molecular formula is C12H10N4O. The van der Waals surface area contributed by atoms with Crippen molar-refractivity contribution in [3.8, 4) is 6.07 Å². The minimum absolute atomic E-state index is 0.265. The van der Waals surface area contributed by atoms with Crippen molar-refractivity contribution < 1.29 is 4.79 Å². The lowest BCUT2D eigenvalue weighted by Crippen LogP contribution is -2.23. The maximum atomic E-state index is 11.8. The first-order valence-corrected chi connectivity index (χ1v) is 5.41. The molecule has 17 heavy (non-hydrogen) atoms. The third-order valence-electron chi connectivity index (χ3n) is 3.02. The quantitative estimate of drug-likeness (QED) is 0.819. The van der Waals surface area contributed by atoms with Crippen LogP contribution in [-0.4, -0.2) is 15.9 Å². The minimum atomic E-state index is -0.820. The van der Waals surface area contributed by atoms with Gasteiger partial charge in [0.15, 0.2) is 0 Å². The summed E-state index contributed by atoms with van der Waals surface area (Å²) >= 11 is 0. The normalized spacial score (nSPS) is 16.4. The number of rotatable bonds is 2. The molecule has 1 aliphatic carbocycles. The molecule has 1 aromatic heterocycles. The molecule has 1 heterocycles. The van der Waals surface area contributed by atoms with Crippen LogP contribution in [-0.2, 0) is 4.79 Å². The van der Waals surface area contributed by atoms with Gasteiger partial charge in [-0.05, 0) is 25.0 Å². The molecule has 5 heteroatoms. The standard InChI is InChI=1S/C12H10N4O/c13-7-12(5-6-12)10(17)16-11-14-8-3-1-2-4-9(8)15-11/h1-4H,5-6H2,(H2,14,15,16,17). The number of nitriles is 1. The molecule has 2 N–H and O–H groups in total. The zero-order chi connectivity index (χ0) is 11.9. The maximum absolute atomic E-state index is 11.8. The Kier molecular flexibility index (Phi) is 1.92. The van der Waals surface area contributed by atoms with Gasteiger partial charge in [0.1, 0.15) is 5.41 Å². The number of nitrogens with one attached hydrogen (secondary N) is 2. The van der Waals surface area contributed by atoms with Crippen molar-refractivity contribution in [3.63, 3.8) is 0 Å². The zero-order valence-electron chi connectivity index (χ0n) is 9.03. The molecular weight excluding hydrogens is 216 g/mol. The average molecular weight is 226 g/mol. The number of aromatic amines is 1. The summed E-state index contributed by atoms with van der Waals surface area (Å²) in [6, 6.07) is 9.57. The summed E-state index contributed by atoms with van der Waals surface area (Å²) in [6.07, 6.45) is 1.27. The molecule has 84 valence electrons. The van der Waals surface area contributed by atoms with E-state index >= 15 is 0 Å². The van der Waals surface area contributed by atoms with E-state index in [-0.39, 0.29) is 5.91 Å². The highest BCUT2D eigenvalue weighted by atomic mass is 16.2. The molecule has 0 spiro atoms. The van der Waals surface area contributed by atoms with E-state index in [1.807, 2.05) is 24.3 Å². The predicted octanol–water partition coefficient (Wildman–Crippen LogP) is 1.81. The maximum Gasteiger partial charge on any atom is 0.247 e.